The Balaban J connectivity index is 2.10. The summed E-state index contributed by atoms with van der Waals surface area (Å²) in [6.45, 7) is 1.52. The highest BCUT2D eigenvalue weighted by atomic mass is 35.5. The minimum absolute atomic E-state index is 0.0340. The number of carbonyl (C=O) groups is 2. The number of amides is 1. The lowest BCUT2D eigenvalue weighted by atomic mass is 10.0. The van der Waals surface area contributed by atoms with Crippen molar-refractivity contribution in [2.24, 2.45) is 5.73 Å². The van der Waals surface area contributed by atoms with Crippen molar-refractivity contribution in [3.8, 4) is 16.8 Å². The number of Topliss-reactive ketones (excluding diaryl/α,β-unsaturated/α-hetero) is 1. The van der Waals surface area contributed by atoms with Gasteiger partial charge in [-0.15, -0.1) is 0 Å². The number of ketones is 1. The molecule has 0 radical (unpaired) electrons. The fourth-order valence-corrected chi connectivity index (χ4v) is 2.91. The summed E-state index contributed by atoms with van der Waals surface area (Å²) in [5.74, 6) is -0.501. The van der Waals surface area contributed by atoms with Crippen LogP contribution in [0.2, 0.25) is 5.02 Å². The molecule has 0 unspecified atom stereocenters. The lowest BCUT2D eigenvalue weighted by Crippen LogP contribution is -2.11. The highest BCUT2D eigenvalue weighted by Gasteiger charge is 2.16. The fraction of sp³-hybridized carbons (Fsp3) is 0.105. The van der Waals surface area contributed by atoms with Gasteiger partial charge in [-0.1, -0.05) is 29.8 Å². The normalized spacial score (nSPS) is 10.6. The van der Waals surface area contributed by atoms with Crippen molar-refractivity contribution in [2.45, 2.75) is 13.3 Å². The maximum absolute atomic E-state index is 11.9. The molecule has 25 heavy (non-hydrogen) atoms. The van der Waals surface area contributed by atoms with Gasteiger partial charge in [-0.2, -0.15) is 0 Å². The van der Waals surface area contributed by atoms with Gasteiger partial charge in [-0.05, 0) is 25.1 Å². The summed E-state index contributed by atoms with van der Waals surface area (Å²) in [6.07, 6.45) is 5.35. The first-order valence-electron chi connectivity index (χ1n) is 7.67. The molecule has 1 aromatic carbocycles. The van der Waals surface area contributed by atoms with Gasteiger partial charge in [0.1, 0.15) is 5.78 Å². The zero-order valence-electron chi connectivity index (χ0n) is 13.6. The van der Waals surface area contributed by atoms with E-state index in [2.05, 4.69) is 4.98 Å². The summed E-state index contributed by atoms with van der Waals surface area (Å²) in [6, 6.07) is 10.9. The van der Waals surface area contributed by atoms with Crippen LogP contribution >= 0.6 is 11.6 Å². The Morgan fingerprint density at radius 1 is 1.16 bits per heavy atom. The Morgan fingerprint density at radius 3 is 2.60 bits per heavy atom. The van der Waals surface area contributed by atoms with E-state index < -0.39 is 5.91 Å². The van der Waals surface area contributed by atoms with Crippen LogP contribution in [0.4, 0.5) is 0 Å². The van der Waals surface area contributed by atoms with E-state index in [4.69, 9.17) is 17.3 Å². The molecule has 2 aromatic heterocycles. The van der Waals surface area contributed by atoms with Crippen LogP contribution < -0.4 is 5.73 Å². The first kappa shape index (κ1) is 16.9. The molecule has 0 bridgehead atoms. The van der Waals surface area contributed by atoms with Gasteiger partial charge < -0.3 is 10.3 Å². The summed E-state index contributed by atoms with van der Waals surface area (Å²) in [4.78, 5) is 27.4. The standard InChI is InChI=1S/C19H16ClN3O2/c1-12(24)8-13-9-14(6-7-22-13)23-10-16(17(11-23)19(21)25)15-4-2-3-5-18(15)20/h2-7,9-11H,8H2,1H3,(H2,21,25). The molecule has 0 aliphatic rings. The monoisotopic (exact) mass is 353 g/mol. The van der Waals surface area contributed by atoms with Crippen molar-refractivity contribution < 1.29 is 9.59 Å². The molecule has 5 nitrogen and oxygen atoms in total. The third kappa shape index (κ3) is 3.61. The topological polar surface area (TPSA) is 78.0 Å². The van der Waals surface area contributed by atoms with Crippen LogP contribution in [0.5, 0.6) is 0 Å². The molecule has 6 heteroatoms. The van der Waals surface area contributed by atoms with E-state index >= 15 is 0 Å². The third-order valence-electron chi connectivity index (χ3n) is 3.78. The van der Waals surface area contributed by atoms with Gasteiger partial charge in [0.15, 0.2) is 0 Å². The molecule has 2 N–H and O–H groups in total. The summed E-state index contributed by atoms with van der Waals surface area (Å²) >= 11 is 6.26. The van der Waals surface area contributed by atoms with Crippen LogP contribution in [0.15, 0.2) is 55.0 Å². The smallest absolute Gasteiger partial charge is 0.250 e. The summed E-state index contributed by atoms with van der Waals surface area (Å²) in [5, 5.41) is 0.537. The number of halogens is 1. The minimum atomic E-state index is -0.535. The molecule has 126 valence electrons. The lowest BCUT2D eigenvalue weighted by molar-refractivity contribution is -0.116. The quantitative estimate of drug-likeness (QED) is 0.763. The van der Waals surface area contributed by atoms with Crippen LogP contribution in [-0.2, 0) is 11.2 Å². The maximum Gasteiger partial charge on any atom is 0.250 e. The fourth-order valence-electron chi connectivity index (χ4n) is 2.67. The first-order chi connectivity index (χ1) is 12.0. The second-order valence-electron chi connectivity index (χ2n) is 5.72. The zero-order valence-corrected chi connectivity index (χ0v) is 14.3. The number of hydrogen-bond donors (Lipinski definition) is 1. The largest absolute Gasteiger partial charge is 0.366 e. The Morgan fingerprint density at radius 2 is 1.92 bits per heavy atom. The van der Waals surface area contributed by atoms with Gasteiger partial charge in [0.2, 0.25) is 0 Å². The molecular weight excluding hydrogens is 338 g/mol. The Kier molecular flexibility index (Phi) is 4.67. The predicted molar refractivity (Wildman–Crippen MR) is 96.9 cm³/mol. The number of hydrogen-bond acceptors (Lipinski definition) is 3. The van der Waals surface area contributed by atoms with Crippen molar-refractivity contribution in [3.63, 3.8) is 0 Å². The number of nitrogens with zero attached hydrogens (tertiary/aromatic N) is 2. The second-order valence-corrected chi connectivity index (χ2v) is 6.13. The number of pyridine rings is 1. The molecule has 3 rings (SSSR count). The SMILES string of the molecule is CC(=O)Cc1cc(-n2cc(C(N)=O)c(-c3ccccc3Cl)c2)ccn1. The molecule has 0 atom stereocenters. The van der Waals surface area contributed by atoms with Gasteiger partial charge in [0, 0.05) is 52.5 Å². The van der Waals surface area contributed by atoms with Crippen molar-refractivity contribution >= 4 is 23.3 Å². The average molecular weight is 354 g/mol. The van der Waals surface area contributed by atoms with Crippen molar-refractivity contribution in [3.05, 3.63) is 71.3 Å². The van der Waals surface area contributed by atoms with E-state index in [1.807, 2.05) is 24.3 Å². The van der Waals surface area contributed by atoms with Crippen molar-refractivity contribution in [1.29, 1.82) is 0 Å². The minimum Gasteiger partial charge on any atom is -0.366 e. The first-order valence-corrected chi connectivity index (χ1v) is 8.05. The maximum atomic E-state index is 11.9. The Labute approximate surface area is 150 Å². The number of aromatic nitrogens is 2. The highest BCUT2D eigenvalue weighted by molar-refractivity contribution is 6.33. The molecule has 3 aromatic rings. The van der Waals surface area contributed by atoms with Crippen LogP contribution in [0.1, 0.15) is 23.0 Å². The van der Waals surface area contributed by atoms with Crippen LogP contribution in [-0.4, -0.2) is 21.2 Å². The number of nitrogens with two attached hydrogens (primary N) is 1. The zero-order chi connectivity index (χ0) is 18.0. The van der Waals surface area contributed by atoms with Gasteiger partial charge in [-0.3, -0.25) is 14.6 Å². The van der Waals surface area contributed by atoms with Crippen LogP contribution in [0.3, 0.4) is 0 Å². The number of benzene rings is 1. The predicted octanol–water partition coefficient (Wildman–Crippen LogP) is 3.42. The number of primary amides is 1. The van der Waals surface area contributed by atoms with E-state index in [0.717, 1.165) is 11.3 Å². The third-order valence-corrected chi connectivity index (χ3v) is 4.11. The molecule has 1 amide bonds. The van der Waals surface area contributed by atoms with Crippen LogP contribution in [0, 0.1) is 0 Å². The Hall–Kier alpha value is -2.92. The van der Waals surface area contributed by atoms with Crippen molar-refractivity contribution in [1.82, 2.24) is 9.55 Å². The number of rotatable bonds is 5. The second kappa shape index (κ2) is 6.91. The van der Waals surface area contributed by atoms with Crippen LogP contribution in [0.25, 0.3) is 16.8 Å². The van der Waals surface area contributed by atoms with Gasteiger partial charge in [-0.25, -0.2) is 0 Å². The molecular formula is C19H16ClN3O2. The number of carbonyl (C=O) groups excluding carboxylic acids is 2. The molecule has 0 aliphatic carbocycles. The van der Waals surface area contributed by atoms with E-state index in [1.165, 1.54) is 6.92 Å². The van der Waals surface area contributed by atoms with E-state index in [-0.39, 0.29) is 12.2 Å². The van der Waals surface area contributed by atoms with Gasteiger partial charge in [0.05, 0.1) is 5.56 Å². The molecule has 0 spiro atoms. The van der Waals surface area contributed by atoms with E-state index in [9.17, 15) is 9.59 Å². The highest BCUT2D eigenvalue weighted by Crippen LogP contribution is 2.32. The van der Waals surface area contributed by atoms with Gasteiger partial charge in [0.25, 0.3) is 5.91 Å². The molecule has 0 fully saturated rings. The van der Waals surface area contributed by atoms with E-state index in [1.54, 1.807) is 35.3 Å². The molecule has 2 heterocycles. The molecule has 0 saturated carbocycles. The summed E-state index contributed by atoms with van der Waals surface area (Å²) in [7, 11) is 0. The molecule has 0 aliphatic heterocycles. The Bertz CT molecular complexity index is 963. The molecule has 0 saturated heterocycles. The lowest BCUT2D eigenvalue weighted by Gasteiger charge is -2.05. The van der Waals surface area contributed by atoms with E-state index in [0.29, 0.717) is 21.8 Å². The van der Waals surface area contributed by atoms with Gasteiger partial charge >= 0.3 is 0 Å². The summed E-state index contributed by atoms with van der Waals surface area (Å²) < 4.78 is 1.78. The van der Waals surface area contributed by atoms with Crippen molar-refractivity contribution in [2.75, 3.05) is 0 Å². The average Bonchev–Trinajstić information content (AvgIpc) is 3.00. The summed E-state index contributed by atoms with van der Waals surface area (Å²) in [5.41, 5.74) is 8.75.